The van der Waals surface area contributed by atoms with Gasteiger partial charge in [-0.05, 0) is 17.5 Å². The standard InChI is InChI=1S/C21H19F2N3O3S/c1-26-10-13(18-14(22)8-12(29-2)9-15(18)23)19(20(26)27)25-21(28)24-17-7-11-5-3-4-6-16(11)30-17/h3-9,13,19H,10H2,1-2H3,(H2,24,25,28)/t13-,19-/m0/s1. The van der Waals surface area contributed by atoms with Crippen molar-refractivity contribution in [2.45, 2.75) is 12.0 Å². The molecule has 3 amide bonds. The van der Waals surface area contributed by atoms with Crippen molar-refractivity contribution in [1.29, 1.82) is 0 Å². The number of hydrogen-bond donors (Lipinski definition) is 2. The Hall–Kier alpha value is -3.20. The van der Waals surface area contributed by atoms with Crippen molar-refractivity contribution in [1.82, 2.24) is 10.2 Å². The Labute approximate surface area is 175 Å². The lowest BCUT2D eigenvalue weighted by Gasteiger charge is -2.20. The highest BCUT2D eigenvalue weighted by Gasteiger charge is 2.43. The van der Waals surface area contributed by atoms with Gasteiger partial charge in [0.05, 0.1) is 12.1 Å². The normalized spacial score (nSPS) is 18.7. The average Bonchev–Trinajstić information content (AvgIpc) is 3.23. The van der Waals surface area contributed by atoms with Crippen molar-refractivity contribution in [2.24, 2.45) is 0 Å². The molecule has 2 aromatic carbocycles. The summed E-state index contributed by atoms with van der Waals surface area (Å²) < 4.78 is 35.1. The first kappa shape index (κ1) is 20.1. The van der Waals surface area contributed by atoms with Gasteiger partial charge in [-0.1, -0.05) is 18.2 Å². The first-order valence-corrected chi connectivity index (χ1v) is 10.0. The number of rotatable bonds is 4. The number of halogens is 2. The first-order valence-electron chi connectivity index (χ1n) is 9.21. The zero-order chi connectivity index (χ0) is 21.4. The minimum absolute atomic E-state index is 0.0402. The molecule has 0 bridgehead atoms. The van der Waals surface area contributed by atoms with E-state index >= 15 is 0 Å². The zero-order valence-electron chi connectivity index (χ0n) is 16.2. The number of fused-ring (bicyclic) bond motifs is 1. The van der Waals surface area contributed by atoms with Crippen LogP contribution in [-0.2, 0) is 4.79 Å². The van der Waals surface area contributed by atoms with Gasteiger partial charge in [-0.15, -0.1) is 11.3 Å². The number of benzene rings is 2. The van der Waals surface area contributed by atoms with Crippen molar-refractivity contribution in [3.63, 3.8) is 0 Å². The molecule has 4 rings (SSSR count). The van der Waals surface area contributed by atoms with Crippen LogP contribution in [0.2, 0.25) is 0 Å². The third-order valence-corrected chi connectivity index (χ3v) is 6.15. The van der Waals surface area contributed by atoms with Crippen LogP contribution in [0, 0.1) is 11.6 Å². The predicted octanol–water partition coefficient (Wildman–Crippen LogP) is 3.93. The SMILES string of the molecule is COc1cc(F)c([C@@H]2CN(C)C(=O)[C@H]2NC(=O)Nc2cc3ccccc3s2)c(F)c1. The van der Waals surface area contributed by atoms with Gasteiger partial charge in [-0.2, -0.15) is 0 Å². The smallest absolute Gasteiger partial charge is 0.320 e. The molecule has 9 heteroatoms. The third-order valence-electron chi connectivity index (χ3n) is 5.12. The fourth-order valence-corrected chi connectivity index (χ4v) is 4.64. The Bertz CT molecular complexity index is 1080. The van der Waals surface area contributed by atoms with E-state index < -0.39 is 35.5 Å². The molecule has 2 atom stereocenters. The zero-order valence-corrected chi connectivity index (χ0v) is 17.1. The Morgan fingerprint density at radius 3 is 2.57 bits per heavy atom. The number of carbonyl (C=O) groups excluding carboxylic acids is 2. The summed E-state index contributed by atoms with van der Waals surface area (Å²) in [6.07, 6.45) is 0. The number of amides is 3. The van der Waals surface area contributed by atoms with Crippen LogP contribution in [0.5, 0.6) is 5.75 Å². The van der Waals surface area contributed by atoms with E-state index in [1.165, 1.54) is 30.4 Å². The molecular formula is C21H19F2N3O3S. The molecule has 0 unspecified atom stereocenters. The summed E-state index contributed by atoms with van der Waals surface area (Å²) >= 11 is 1.39. The van der Waals surface area contributed by atoms with Crippen LogP contribution in [0.25, 0.3) is 10.1 Å². The number of thiophene rings is 1. The quantitative estimate of drug-likeness (QED) is 0.658. The molecule has 0 spiro atoms. The lowest BCUT2D eigenvalue weighted by molar-refractivity contribution is -0.128. The number of ether oxygens (including phenoxy) is 1. The Morgan fingerprint density at radius 2 is 1.90 bits per heavy atom. The molecule has 1 saturated heterocycles. The number of carbonyl (C=O) groups is 2. The van der Waals surface area contributed by atoms with Crippen molar-refractivity contribution >= 4 is 38.4 Å². The van der Waals surface area contributed by atoms with Crippen molar-refractivity contribution in [3.8, 4) is 5.75 Å². The molecule has 156 valence electrons. The molecule has 3 aromatic rings. The molecule has 0 aliphatic carbocycles. The lowest BCUT2D eigenvalue weighted by atomic mass is 9.93. The summed E-state index contributed by atoms with van der Waals surface area (Å²) in [4.78, 5) is 26.5. The number of nitrogens with one attached hydrogen (secondary N) is 2. The number of likely N-dealkylation sites (tertiary alicyclic amines) is 1. The molecule has 2 N–H and O–H groups in total. The summed E-state index contributed by atoms with van der Waals surface area (Å²) in [5.74, 6) is -2.89. The second kappa shape index (κ2) is 7.91. The van der Waals surface area contributed by atoms with Gasteiger partial charge < -0.3 is 15.0 Å². The monoisotopic (exact) mass is 431 g/mol. The largest absolute Gasteiger partial charge is 0.497 e. The minimum Gasteiger partial charge on any atom is -0.497 e. The van der Waals surface area contributed by atoms with Crippen molar-refractivity contribution in [2.75, 3.05) is 26.0 Å². The van der Waals surface area contributed by atoms with Crippen LogP contribution >= 0.6 is 11.3 Å². The van der Waals surface area contributed by atoms with Gasteiger partial charge >= 0.3 is 6.03 Å². The topological polar surface area (TPSA) is 70.7 Å². The summed E-state index contributed by atoms with van der Waals surface area (Å²) in [6.45, 7) is 0.0762. The van der Waals surface area contributed by atoms with Gasteiger partial charge in [-0.3, -0.25) is 10.1 Å². The molecule has 1 fully saturated rings. The van der Waals surface area contributed by atoms with Crippen LogP contribution in [0.3, 0.4) is 0 Å². The summed E-state index contributed by atoms with van der Waals surface area (Å²) in [5.41, 5.74) is -0.249. The van der Waals surface area contributed by atoms with Crippen LogP contribution in [-0.4, -0.2) is 43.6 Å². The van der Waals surface area contributed by atoms with Crippen LogP contribution in [0.15, 0.2) is 42.5 Å². The molecule has 1 aliphatic heterocycles. The molecule has 2 heterocycles. The van der Waals surface area contributed by atoms with Gasteiger partial charge in [0, 0.05) is 41.9 Å². The van der Waals surface area contributed by atoms with Crippen LogP contribution in [0.4, 0.5) is 18.6 Å². The van der Waals surface area contributed by atoms with E-state index in [1.54, 1.807) is 0 Å². The summed E-state index contributed by atoms with van der Waals surface area (Å²) in [5, 5.41) is 6.87. The predicted molar refractivity (Wildman–Crippen MR) is 111 cm³/mol. The fourth-order valence-electron chi connectivity index (χ4n) is 3.69. The average molecular weight is 431 g/mol. The molecule has 1 aromatic heterocycles. The molecule has 30 heavy (non-hydrogen) atoms. The number of nitrogens with zero attached hydrogens (tertiary/aromatic N) is 1. The molecule has 0 radical (unpaired) electrons. The Balaban J connectivity index is 1.56. The van der Waals surface area contributed by atoms with E-state index in [9.17, 15) is 18.4 Å². The first-order chi connectivity index (χ1) is 14.4. The van der Waals surface area contributed by atoms with E-state index in [0.29, 0.717) is 5.00 Å². The molecule has 0 saturated carbocycles. The second-order valence-corrected chi connectivity index (χ2v) is 8.14. The number of methoxy groups -OCH3 is 1. The van der Waals surface area contributed by atoms with Crippen LogP contribution < -0.4 is 15.4 Å². The number of anilines is 1. The third kappa shape index (κ3) is 3.68. The van der Waals surface area contributed by atoms with Gasteiger partial charge in [0.15, 0.2) is 0 Å². The van der Waals surface area contributed by atoms with Gasteiger partial charge in [-0.25, -0.2) is 13.6 Å². The van der Waals surface area contributed by atoms with E-state index in [-0.39, 0.29) is 17.9 Å². The maximum Gasteiger partial charge on any atom is 0.320 e. The maximum absolute atomic E-state index is 14.6. The minimum atomic E-state index is -1.10. The maximum atomic E-state index is 14.6. The number of urea groups is 1. The van der Waals surface area contributed by atoms with E-state index in [0.717, 1.165) is 22.2 Å². The molecular weight excluding hydrogens is 412 g/mol. The van der Waals surface area contributed by atoms with Gasteiger partial charge in [0.1, 0.15) is 23.4 Å². The lowest BCUT2D eigenvalue weighted by Crippen LogP contribution is -2.45. The van der Waals surface area contributed by atoms with Crippen molar-refractivity contribution < 1.29 is 23.1 Å². The summed E-state index contributed by atoms with van der Waals surface area (Å²) in [7, 11) is 2.84. The molecule has 6 nitrogen and oxygen atoms in total. The van der Waals surface area contributed by atoms with Gasteiger partial charge in [0.2, 0.25) is 5.91 Å². The highest BCUT2D eigenvalue weighted by atomic mass is 32.1. The number of likely N-dealkylation sites (N-methyl/N-ethyl adjacent to an activating group) is 1. The van der Waals surface area contributed by atoms with E-state index in [2.05, 4.69) is 10.6 Å². The molecule has 1 aliphatic rings. The highest BCUT2D eigenvalue weighted by molar-refractivity contribution is 7.22. The summed E-state index contributed by atoms with van der Waals surface area (Å²) in [6, 6.07) is 9.90. The Kier molecular flexibility index (Phi) is 5.29. The highest BCUT2D eigenvalue weighted by Crippen LogP contribution is 2.34. The Morgan fingerprint density at radius 1 is 1.20 bits per heavy atom. The van der Waals surface area contributed by atoms with Crippen LogP contribution in [0.1, 0.15) is 11.5 Å². The second-order valence-electron chi connectivity index (χ2n) is 7.05. The van der Waals surface area contributed by atoms with Gasteiger partial charge in [0.25, 0.3) is 0 Å². The van der Waals surface area contributed by atoms with E-state index in [4.69, 9.17) is 4.74 Å². The van der Waals surface area contributed by atoms with Crippen molar-refractivity contribution in [3.05, 3.63) is 59.7 Å². The number of hydrogen-bond acceptors (Lipinski definition) is 4. The fraction of sp³-hybridized carbons (Fsp3) is 0.238. The van der Waals surface area contributed by atoms with E-state index in [1.807, 2.05) is 30.3 Å².